The second kappa shape index (κ2) is 8.65. The molecule has 1 aromatic rings. The normalized spacial score (nSPS) is 22.3. The highest BCUT2D eigenvalue weighted by Crippen LogP contribution is 2.37. The molecule has 0 aromatic heterocycles. The molecule has 146 valence electrons. The molecule has 0 bridgehead atoms. The van der Waals surface area contributed by atoms with Gasteiger partial charge in [0.2, 0.25) is 17.7 Å². The molecule has 1 aliphatic carbocycles. The highest BCUT2D eigenvalue weighted by Gasteiger charge is 2.48. The molecule has 3 amide bonds. The predicted molar refractivity (Wildman–Crippen MR) is 104 cm³/mol. The predicted octanol–water partition coefficient (Wildman–Crippen LogP) is 2.64. The zero-order chi connectivity index (χ0) is 19.4. The van der Waals surface area contributed by atoms with Crippen LogP contribution in [0.25, 0.3) is 0 Å². The van der Waals surface area contributed by atoms with Crippen molar-refractivity contribution in [3.05, 3.63) is 29.8 Å². The fourth-order valence-corrected chi connectivity index (χ4v) is 4.18. The van der Waals surface area contributed by atoms with Crippen LogP contribution >= 0.6 is 0 Å². The quantitative estimate of drug-likeness (QED) is 0.748. The Morgan fingerprint density at radius 2 is 1.74 bits per heavy atom. The lowest BCUT2D eigenvalue weighted by atomic mass is 9.81. The zero-order valence-corrected chi connectivity index (χ0v) is 16.2. The number of benzene rings is 1. The number of anilines is 1. The van der Waals surface area contributed by atoms with Crippen molar-refractivity contribution in [1.29, 1.82) is 0 Å². The van der Waals surface area contributed by atoms with Crippen LogP contribution in [-0.2, 0) is 20.9 Å². The van der Waals surface area contributed by atoms with E-state index < -0.39 is 0 Å². The Balaban J connectivity index is 1.61. The van der Waals surface area contributed by atoms with Crippen LogP contribution in [0.1, 0.15) is 45.1 Å². The molecule has 1 heterocycles. The number of nitrogens with zero attached hydrogens (tertiary/aromatic N) is 2. The second-order valence-electron chi connectivity index (χ2n) is 7.47. The van der Waals surface area contributed by atoms with Gasteiger partial charge in [0, 0.05) is 12.2 Å². The van der Waals surface area contributed by atoms with E-state index in [1.807, 2.05) is 24.3 Å². The van der Waals surface area contributed by atoms with Gasteiger partial charge in [-0.2, -0.15) is 0 Å². The Morgan fingerprint density at radius 3 is 2.33 bits per heavy atom. The van der Waals surface area contributed by atoms with Crippen molar-refractivity contribution < 1.29 is 14.4 Å². The van der Waals surface area contributed by atoms with Crippen LogP contribution in [0.15, 0.2) is 24.3 Å². The molecule has 2 fully saturated rings. The number of fused-ring (bicyclic) bond motifs is 1. The van der Waals surface area contributed by atoms with Crippen LogP contribution in [-0.4, -0.2) is 47.2 Å². The fourth-order valence-electron chi connectivity index (χ4n) is 4.18. The van der Waals surface area contributed by atoms with Crippen molar-refractivity contribution in [3.8, 4) is 0 Å². The summed E-state index contributed by atoms with van der Waals surface area (Å²) < 4.78 is 0. The number of hydrogen-bond acceptors (Lipinski definition) is 4. The Hall–Kier alpha value is -2.21. The Bertz CT molecular complexity index is 690. The fraction of sp³-hybridized carbons (Fsp3) is 0.571. The third kappa shape index (κ3) is 4.38. The van der Waals surface area contributed by atoms with Gasteiger partial charge in [0.25, 0.3) is 0 Å². The minimum absolute atomic E-state index is 0.171. The number of hydrogen-bond donors (Lipinski definition) is 1. The van der Waals surface area contributed by atoms with Gasteiger partial charge in [0.05, 0.1) is 11.8 Å². The average molecular weight is 371 g/mol. The SMILES string of the molecule is CCN(CC)Cc1cccc(NC(=O)CN2C(=O)C3CCCCC3C2=O)c1. The Labute approximate surface area is 160 Å². The van der Waals surface area contributed by atoms with E-state index in [9.17, 15) is 14.4 Å². The van der Waals surface area contributed by atoms with Crippen LogP contribution in [0, 0.1) is 11.8 Å². The van der Waals surface area contributed by atoms with E-state index in [2.05, 4.69) is 24.1 Å². The van der Waals surface area contributed by atoms with Crippen LogP contribution in [0.5, 0.6) is 0 Å². The molecule has 1 saturated carbocycles. The molecule has 6 nitrogen and oxygen atoms in total. The van der Waals surface area contributed by atoms with Crippen molar-refractivity contribution >= 4 is 23.4 Å². The topological polar surface area (TPSA) is 69.7 Å². The number of nitrogens with one attached hydrogen (secondary N) is 1. The first-order valence-corrected chi connectivity index (χ1v) is 9.99. The largest absolute Gasteiger partial charge is 0.325 e. The summed E-state index contributed by atoms with van der Waals surface area (Å²) >= 11 is 0. The molecule has 2 aliphatic rings. The van der Waals surface area contributed by atoms with Gasteiger partial charge in [0.1, 0.15) is 6.54 Å². The van der Waals surface area contributed by atoms with Crippen LogP contribution in [0.4, 0.5) is 5.69 Å². The molecule has 1 N–H and O–H groups in total. The lowest BCUT2D eigenvalue weighted by Gasteiger charge is -2.19. The van der Waals surface area contributed by atoms with Gasteiger partial charge >= 0.3 is 0 Å². The Morgan fingerprint density at radius 1 is 1.11 bits per heavy atom. The summed E-state index contributed by atoms with van der Waals surface area (Å²) in [5.41, 5.74) is 1.82. The summed E-state index contributed by atoms with van der Waals surface area (Å²) in [7, 11) is 0. The van der Waals surface area contributed by atoms with Crippen LogP contribution in [0.3, 0.4) is 0 Å². The summed E-state index contributed by atoms with van der Waals surface area (Å²) in [6.07, 6.45) is 3.50. The molecule has 0 radical (unpaired) electrons. The van der Waals surface area contributed by atoms with E-state index in [0.29, 0.717) is 5.69 Å². The first-order chi connectivity index (χ1) is 13.0. The van der Waals surface area contributed by atoms with E-state index in [1.165, 1.54) is 0 Å². The molecule has 3 rings (SSSR count). The molecule has 27 heavy (non-hydrogen) atoms. The van der Waals surface area contributed by atoms with Gasteiger partial charge in [0.15, 0.2) is 0 Å². The smallest absolute Gasteiger partial charge is 0.244 e. The minimum Gasteiger partial charge on any atom is -0.325 e. The van der Waals surface area contributed by atoms with Crippen molar-refractivity contribution in [2.24, 2.45) is 11.8 Å². The van der Waals surface area contributed by atoms with Gasteiger partial charge in [-0.25, -0.2) is 0 Å². The monoisotopic (exact) mass is 371 g/mol. The number of carbonyl (C=O) groups excluding carboxylic acids is 3. The summed E-state index contributed by atoms with van der Waals surface area (Å²) in [5.74, 6) is -1.09. The minimum atomic E-state index is -0.324. The van der Waals surface area contributed by atoms with Crippen molar-refractivity contribution in [2.45, 2.75) is 46.1 Å². The maximum atomic E-state index is 12.5. The number of rotatable bonds is 7. The van der Waals surface area contributed by atoms with Gasteiger partial charge in [-0.15, -0.1) is 0 Å². The van der Waals surface area contributed by atoms with Crippen LogP contribution < -0.4 is 5.32 Å². The molecule has 1 aromatic carbocycles. The summed E-state index contributed by atoms with van der Waals surface area (Å²) in [6.45, 7) is 6.81. The second-order valence-corrected chi connectivity index (χ2v) is 7.47. The van der Waals surface area contributed by atoms with E-state index >= 15 is 0 Å². The van der Waals surface area contributed by atoms with Gasteiger partial charge in [-0.1, -0.05) is 38.8 Å². The maximum absolute atomic E-state index is 12.5. The first-order valence-electron chi connectivity index (χ1n) is 9.99. The summed E-state index contributed by atoms with van der Waals surface area (Å²) in [4.78, 5) is 40.9. The van der Waals surface area contributed by atoms with Crippen molar-refractivity contribution in [3.63, 3.8) is 0 Å². The van der Waals surface area contributed by atoms with Crippen LogP contribution in [0.2, 0.25) is 0 Å². The molecule has 2 unspecified atom stereocenters. The van der Waals surface area contributed by atoms with E-state index in [1.54, 1.807) is 0 Å². The molecule has 0 spiro atoms. The summed E-state index contributed by atoms with van der Waals surface area (Å²) in [5, 5.41) is 2.84. The van der Waals surface area contributed by atoms with E-state index in [4.69, 9.17) is 0 Å². The standard InChI is InChI=1S/C21H29N3O3/c1-3-23(4-2)13-15-8-7-9-16(12-15)22-19(25)14-24-20(26)17-10-5-6-11-18(17)21(24)27/h7-9,12,17-18H,3-6,10-11,13-14H2,1-2H3,(H,22,25). The lowest BCUT2D eigenvalue weighted by molar-refractivity contribution is -0.142. The highest BCUT2D eigenvalue weighted by atomic mass is 16.2. The van der Waals surface area contributed by atoms with Crippen molar-refractivity contribution in [1.82, 2.24) is 9.80 Å². The van der Waals surface area contributed by atoms with Crippen molar-refractivity contribution in [2.75, 3.05) is 25.0 Å². The summed E-state index contributed by atoms with van der Waals surface area (Å²) in [6, 6.07) is 7.72. The molecular weight excluding hydrogens is 342 g/mol. The first kappa shape index (κ1) is 19.5. The number of amides is 3. The average Bonchev–Trinajstić information content (AvgIpc) is 2.91. The molecular formula is C21H29N3O3. The molecule has 1 aliphatic heterocycles. The molecule has 6 heteroatoms. The third-order valence-electron chi connectivity index (χ3n) is 5.75. The maximum Gasteiger partial charge on any atom is 0.244 e. The van der Waals surface area contributed by atoms with E-state index in [-0.39, 0.29) is 36.1 Å². The number of imide groups is 1. The number of carbonyl (C=O) groups is 3. The van der Waals surface area contributed by atoms with Gasteiger partial charge in [-0.05, 0) is 43.6 Å². The zero-order valence-electron chi connectivity index (χ0n) is 16.2. The highest BCUT2D eigenvalue weighted by molar-refractivity contribution is 6.08. The Kier molecular flexibility index (Phi) is 6.26. The molecule has 1 saturated heterocycles. The van der Waals surface area contributed by atoms with Gasteiger partial charge < -0.3 is 5.32 Å². The van der Waals surface area contributed by atoms with Gasteiger partial charge in [-0.3, -0.25) is 24.2 Å². The third-order valence-corrected chi connectivity index (χ3v) is 5.75. The lowest BCUT2D eigenvalue weighted by Crippen LogP contribution is -2.38. The molecule has 2 atom stereocenters. The van der Waals surface area contributed by atoms with E-state index in [0.717, 1.165) is 55.8 Å². The number of likely N-dealkylation sites (tertiary alicyclic amines) is 1.